The fourth-order valence-corrected chi connectivity index (χ4v) is 3.81. The number of rotatable bonds is 8. The molecule has 11 heteroatoms. The van der Waals surface area contributed by atoms with E-state index < -0.39 is 36.6 Å². The zero-order valence-corrected chi connectivity index (χ0v) is 19.3. The van der Waals surface area contributed by atoms with Crippen molar-refractivity contribution < 1.29 is 18.8 Å². The minimum atomic E-state index is -1.43. The van der Waals surface area contributed by atoms with Crippen molar-refractivity contribution in [2.75, 3.05) is 6.61 Å². The van der Waals surface area contributed by atoms with E-state index in [2.05, 4.69) is 29.0 Å². The van der Waals surface area contributed by atoms with Crippen LogP contribution in [0, 0.1) is 0 Å². The van der Waals surface area contributed by atoms with Crippen LogP contribution >= 0.6 is 22.9 Å². The molecule has 0 radical (unpaired) electrons. The van der Waals surface area contributed by atoms with E-state index in [9.17, 15) is 9.35 Å². The third-order valence-electron chi connectivity index (χ3n) is 2.97. The summed E-state index contributed by atoms with van der Waals surface area (Å²) in [5.74, 6) is 0. The summed E-state index contributed by atoms with van der Waals surface area (Å²) in [7, 11) is -1.31. The third kappa shape index (κ3) is 8.36. The number of nitrogens with zero attached hydrogens (tertiary/aromatic N) is 2. The first kappa shape index (κ1) is 23.4. The lowest BCUT2D eigenvalue weighted by Crippen LogP contribution is -2.25. The topological polar surface area (TPSA) is 110 Å². The number of ether oxygens (including phenoxy) is 2. The molecular formula is C15H26ClN3O4S2Si. The quantitative estimate of drug-likeness (QED) is 0.283. The Balaban J connectivity index is 2.91. The lowest BCUT2D eigenvalue weighted by Gasteiger charge is -2.19. The number of primary amides is 1. The molecule has 1 heterocycles. The highest BCUT2D eigenvalue weighted by molar-refractivity contribution is 7.91. The van der Waals surface area contributed by atoms with Crippen LogP contribution in [0.15, 0.2) is 4.40 Å². The number of aromatic nitrogens is 1. The molecule has 0 aliphatic heterocycles. The van der Waals surface area contributed by atoms with Crippen LogP contribution in [0.4, 0.5) is 4.79 Å². The molecule has 2 N–H and O–H groups in total. The van der Waals surface area contributed by atoms with Crippen molar-refractivity contribution >= 4 is 54.7 Å². The number of carbonyl (C=O) groups is 1. The number of carbonyl (C=O) groups excluding carboxylic acids is 1. The highest BCUT2D eigenvalue weighted by atomic mass is 35.5. The predicted octanol–water partition coefficient (Wildman–Crippen LogP) is 4.13. The molecular weight excluding hydrogens is 414 g/mol. The standard InChI is InChI=1S/C15H26ClN3O4S2Si/c1-15(2,3)25(21)18-9-10-11(16)24-12(19-10)13(23-14(17)20)22-7-8-26(4,5)6/h9,13H,7-8H2,1-6H3,(H2,17,20)/t13?,25-/m0/s1. The second-order valence-electron chi connectivity index (χ2n) is 7.76. The minimum absolute atomic E-state index is 0.335. The molecule has 0 spiro atoms. The van der Waals surface area contributed by atoms with Crippen molar-refractivity contribution in [3.05, 3.63) is 15.0 Å². The van der Waals surface area contributed by atoms with Crippen molar-refractivity contribution in [3.8, 4) is 0 Å². The van der Waals surface area contributed by atoms with Gasteiger partial charge in [0.1, 0.15) is 32.4 Å². The Morgan fingerprint density at radius 3 is 2.62 bits per heavy atom. The maximum atomic E-state index is 12.0. The van der Waals surface area contributed by atoms with E-state index in [-0.39, 0.29) is 0 Å². The first-order valence-corrected chi connectivity index (χ1v) is 14.0. The summed E-state index contributed by atoms with van der Waals surface area (Å²) < 4.78 is 26.5. The SMILES string of the molecule is CC(C)(C)[S@+]([O-])N=Cc1nc(C(OCC[Si](C)(C)C)OC(N)=O)sc1Cl. The molecule has 1 rings (SSSR count). The molecule has 0 fully saturated rings. The molecule has 0 saturated carbocycles. The van der Waals surface area contributed by atoms with Gasteiger partial charge in [0.25, 0.3) is 6.29 Å². The molecule has 1 unspecified atom stereocenters. The third-order valence-corrected chi connectivity index (χ3v) is 7.32. The van der Waals surface area contributed by atoms with Gasteiger partial charge in [0.15, 0.2) is 5.01 Å². The van der Waals surface area contributed by atoms with E-state index in [0.717, 1.165) is 17.4 Å². The molecule has 1 aromatic rings. The Hall–Kier alpha value is -0.653. The van der Waals surface area contributed by atoms with Gasteiger partial charge >= 0.3 is 6.09 Å². The van der Waals surface area contributed by atoms with Gasteiger partial charge in [0.2, 0.25) is 0 Å². The van der Waals surface area contributed by atoms with Crippen LogP contribution in [0.2, 0.25) is 30.0 Å². The number of hydrogen-bond donors (Lipinski definition) is 1. The van der Waals surface area contributed by atoms with Crippen molar-refractivity contribution in [2.24, 2.45) is 10.1 Å². The lowest BCUT2D eigenvalue weighted by atomic mass is 10.3. The molecule has 0 bridgehead atoms. The van der Waals surface area contributed by atoms with Gasteiger partial charge in [-0.05, 0) is 26.8 Å². The van der Waals surface area contributed by atoms with E-state index in [0.29, 0.717) is 21.6 Å². The number of thiazole rings is 1. The fourth-order valence-electron chi connectivity index (χ4n) is 1.50. The summed E-state index contributed by atoms with van der Waals surface area (Å²) in [5, 5.41) is 0.354. The molecule has 26 heavy (non-hydrogen) atoms. The first-order chi connectivity index (χ1) is 11.8. The van der Waals surface area contributed by atoms with Crippen LogP contribution in [0.3, 0.4) is 0 Å². The van der Waals surface area contributed by atoms with E-state index in [1.54, 1.807) is 0 Å². The molecule has 0 aromatic carbocycles. The average Bonchev–Trinajstić information content (AvgIpc) is 2.82. The van der Waals surface area contributed by atoms with Gasteiger partial charge in [0.05, 0.1) is 0 Å². The smallest absolute Gasteiger partial charge is 0.407 e. The van der Waals surface area contributed by atoms with E-state index in [4.69, 9.17) is 26.8 Å². The Morgan fingerprint density at radius 1 is 1.50 bits per heavy atom. The Labute approximate surface area is 167 Å². The van der Waals surface area contributed by atoms with Crippen molar-refractivity contribution in [1.82, 2.24) is 4.98 Å². The normalized spacial score (nSPS) is 15.2. The molecule has 0 aliphatic carbocycles. The summed E-state index contributed by atoms with van der Waals surface area (Å²) in [6.45, 7) is 12.5. The van der Waals surface area contributed by atoms with Crippen LogP contribution in [0.5, 0.6) is 0 Å². The Kier molecular flexibility index (Phi) is 8.56. The van der Waals surface area contributed by atoms with Crippen LogP contribution in [-0.2, 0) is 20.8 Å². The lowest BCUT2D eigenvalue weighted by molar-refractivity contribution is -0.101. The second-order valence-corrected chi connectivity index (χ2v) is 16.9. The van der Waals surface area contributed by atoms with E-state index >= 15 is 0 Å². The first-order valence-electron chi connectivity index (χ1n) is 7.99. The number of nitrogens with two attached hydrogens (primary N) is 1. The monoisotopic (exact) mass is 439 g/mol. The minimum Gasteiger partial charge on any atom is -0.591 e. The zero-order valence-electron chi connectivity index (χ0n) is 15.9. The van der Waals surface area contributed by atoms with Crippen LogP contribution in [0.1, 0.15) is 37.8 Å². The molecule has 7 nitrogen and oxygen atoms in total. The van der Waals surface area contributed by atoms with E-state index in [1.807, 2.05) is 20.8 Å². The number of hydrogen-bond acceptors (Lipinski definition) is 7. The highest BCUT2D eigenvalue weighted by Gasteiger charge is 2.27. The van der Waals surface area contributed by atoms with Crippen molar-refractivity contribution in [2.45, 2.75) is 57.5 Å². The second kappa shape index (κ2) is 9.51. The van der Waals surface area contributed by atoms with Crippen LogP contribution in [0.25, 0.3) is 0 Å². The maximum Gasteiger partial charge on any atom is 0.407 e. The predicted molar refractivity (Wildman–Crippen MR) is 110 cm³/mol. The van der Waals surface area contributed by atoms with Gasteiger partial charge < -0.3 is 19.8 Å². The Morgan fingerprint density at radius 2 is 2.12 bits per heavy atom. The molecule has 0 aliphatic rings. The number of halogens is 1. The zero-order chi connectivity index (χ0) is 20.1. The van der Waals surface area contributed by atoms with Gasteiger partial charge in [-0.1, -0.05) is 47.0 Å². The molecule has 1 amide bonds. The summed E-state index contributed by atoms with van der Waals surface area (Å²) in [6, 6.07) is 0.892. The van der Waals surface area contributed by atoms with Gasteiger partial charge in [0, 0.05) is 14.7 Å². The van der Waals surface area contributed by atoms with Crippen LogP contribution in [-0.4, -0.2) is 41.3 Å². The van der Waals surface area contributed by atoms with Gasteiger partial charge in [-0.2, -0.15) is 0 Å². The molecule has 0 saturated heterocycles. The van der Waals surface area contributed by atoms with E-state index in [1.165, 1.54) is 6.21 Å². The summed E-state index contributed by atoms with van der Waals surface area (Å²) >= 11 is 5.85. The van der Waals surface area contributed by atoms with Crippen LogP contribution < -0.4 is 5.73 Å². The average molecular weight is 440 g/mol. The molecule has 2 atom stereocenters. The fraction of sp³-hybridized carbons (Fsp3) is 0.667. The molecule has 148 valence electrons. The van der Waals surface area contributed by atoms with Crippen molar-refractivity contribution in [1.29, 1.82) is 0 Å². The number of amides is 1. The Bertz CT molecular complexity index is 644. The van der Waals surface area contributed by atoms with Crippen molar-refractivity contribution in [3.63, 3.8) is 0 Å². The summed E-state index contributed by atoms with van der Waals surface area (Å²) in [4.78, 5) is 15.5. The maximum absolute atomic E-state index is 12.0. The molecule has 1 aromatic heterocycles. The highest BCUT2D eigenvalue weighted by Crippen LogP contribution is 2.31. The van der Waals surface area contributed by atoms with Gasteiger partial charge in [-0.25, -0.2) is 9.78 Å². The largest absolute Gasteiger partial charge is 0.591 e. The summed E-state index contributed by atoms with van der Waals surface area (Å²) in [6.07, 6.45) is -0.632. The van der Waals surface area contributed by atoms with Gasteiger partial charge in [-0.15, -0.1) is 0 Å². The summed E-state index contributed by atoms with van der Waals surface area (Å²) in [5.41, 5.74) is 5.47. The van der Waals surface area contributed by atoms with Gasteiger partial charge in [-0.3, -0.25) is 0 Å².